The fourth-order valence-corrected chi connectivity index (χ4v) is 2.44. The third-order valence-corrected chi connectivity index (χ3v) is 3.64. The molecule has 1 unspecified atom stereocenters. The van der Waals surface area contributed by atoms with Gasteiger partial charge in [-0.1, -0.05) is 37.6 Å². The van der Waals surface area contributed by atoms with E-state index in [0.29, 0.717) is 13.0 Å². The molecule has 118 valence electrons. The minimum atomic E-state index is -0.804. The molecule has 3 N–H and O–H groups in total. The Labute approximate surface area is 131 Å². The predicted octanol–water partition coefficient (Wildman–Crippen LogP) is 2.07. The second-order valence-electron chi connectivity index (χ2n) is 5.87. The fourth-order valence-electron chi connectivity index (χ4n) is 2.44. The van der Waals surface area contributed by atoms with Gasteiger partial charge in [0, 0.05) is 18.9 Å². The molecule has 0 fully saturated rings. The molecule has 0 saturated carbocycles. The van der Waals surface area contributed by atoms with Gasteiger partial charge in [0.2, 0.25) is 5.91 Å². The van der Waals surface area contributed by atoms with E-state index in [0.717, 1.165) is 24.1 Å². The lowest BCUT2D eigenvalue weighted by molar-refractivity contribution is -0.126. The van der Waals surface area contributed by atoms with Crippen LogP contribution in [0.15, 0.2) is 42.7 Å². The van der Waals surface area contributed by atoms with Crippen LogP contribution >= 0.6 is 0 Å². The second-order valence-corrected chi connectivity index (χ2v) is 5.87. The normalized spacial score (nSPS) is 13.6. The molecule has 2 rings (SSSR count). The van der Waals surface area contributed by atoms with Crippen LogP contribution in [0.4, 0.5) is 0 Å². The van der Waals surface area contributed by atoms with Crippen molar-refractivity contribution in [3.8, 4) is 0 Å². The number of aromatic nitrogens is 2. The highest BCUT2D eigenvalue weighted by Gasteiger charge is 2.26. The summed E-state index contributed by atoms with van der Waals surface area (Å²) in [5.41, 5.74) is 7.44. The number of nitrogens with two attached hydrogens (primary N) is 1. The average molecular weight is 300 g/mol. The smallest absolute Gasteiger partial charge is 0.240 e. The lowest BCUT2D eigenvalue weighted by Gasteiger charge is -2.22. The monoisotopic (exact) mass is 300 g/mol. The van der Waals surface area contributed by atoms with Gasteiger partial charge in [0.25, 0.3) is 0 Å². The van der Waals surface area contributed by atoms with Gasteiger partial charge in [-0.3, -0.25) is 9.48 Å². The van der Waals surface area contributed by atoms with Crippen molar-refractivity contribution in [1.29, 1.82) is 0 Å². The van der Waals surface area contributed by atoms with Crippen molar-refractivity contribution in [2.75, 3.05) is 0 Å². The lowest BCUT2D eigenvalue weighted by atomic mass is 9.96. The summed E-state index contributed by atoms with van der Waals surface area (Å²) < 4.78 is 1.87. The van der Waals surface area contributed by atoms with E-state index < -0.39 is 5.54 Å². The zero-order valence-corrected chi connectivity index (χ0v) is 13.2. The summed E-state index contributed by atoms with van der Waals surface area (Å²) in [5, 5.41) is 7.12. The molecule has 1 amide bonds. The molecule has 0 aliphatic carbocycles. The van der Waals surface area contributed by atoms with Gasteiger partial charge >= 0.3 is 0 Å². The molecule has 22 heavy (non-hydrogen) atoms. The minimum Gasteiger partial charge on any atom is -0.350 e. The first-order chi connectivity index (χ1) is 10.5. The standard InChI is InChI=1S/C17H24N4O/c1-3-8-17(2,18)16(22)19-12-14-6-4-7-15(11-14)13-21-10-5-9-20-21/h4-7,9-11H,3,8,12-13,18H2,1-2H3,(H,19,22). The largest absolute Gasteiger partial charge is 0.350 e. The van der Waals surface area contributed by atoms with Crippen LogP contribution in [-0.2, 0) is 17.9 Å². The van der Waals surface area contributed by atoms with Gasteiger partial charge in [-0.25, -0.2) is 0 Å². The number of hydrogen-bond acceptors (Lipinski definition) is 3. The van der Waals surface area contributed by atoms with Crippen LogP contribution in [0.25, 0.3) is 0 Å². The number of nitrogens with zero attached hydrogens (tertiary/aromatic N) is 2. The summed E-state index contributed by atoms with van der Waals surface area (Å²) in [6.07, 6.45) is 5.26. The van der Waals surface area contributed by atoms with Crippen LogP contribution in [0.5, 0.6) is 0 Å². The Hall–Kier alpha value is -2.14. The Morgan fingerprint density at radius 3 is 2.82 bits per heavy atom. The average Bonchev–Trinajstić information content (AvgIpc) is 2.98. The van der Waals surface area contributed by atoms with Gasteiger partial charge in [0.15, 0.2) is 0 Å². The maximum atomic E-state index is 12.1. The van der Waals surface area contributed by atoms with Crippen molar-refractivity contribution in [2.45, 2.75) is 45.3 Å². The van der Waals surface area contributed by atoms with E-state index in [1.807, 2.05) is 36.0 Å². The van der Waals surface area contributed by atoms with Crippen molar-refractivity contribution in [1.82, 2.24) is 15.1 Å². The van der Waals surface area contributed by atoms with Gasteiger partial charge in [-0.05, 0) is 30.5 Å². The highest BCUT2D eigenvalue weighted by molar-refractivity contribution is 5.85. The van der Waals surface area contributed by atoms with Crippen LogP contribution in [0, 0.1) is 0 Å². The number of amides is 1. The van der Waals surface area contributed by atoms with Gasteiger partial charge in [-0.15, -0.1) is 0 Å². The summed E-state index contributed by atoms with van der Waals surface area (Å²) in [6.45, 7) is 5.01. The molecular weight excluding hydrogens is 276 g/mol. The molecule has 5 heteroatoms. The molecule has 2 aromatic rings. The SMILES string of the molecule is CCCC(C)(N)C(=O)NCc1cccc(Cn2cccn2)c1. The molecule has 0 aliphatic heterocycles. The Morgan fingerprint density at radius 1 is 1.36 bits per heavy atom. The number of nitrogens with one attached hydrogen (secondary N) is 1. The van der Waals surface area contributed by atoms with Gasteiger partial charge in [0.05, 0.1) is 12.1 Å². The second kappa shape index (κ2) is 7.22. The van der Waals surface area contributed by atoms with Crippen LogP contribution in [0.1, 0.15) is 37.8 Å². The third-order valence-electron chi connectivity index (χ3n) is 3.64. The Balaban J connectivity index is 1.94. The minimum absolute atomic E-state index is 0.105. The van der Waals surface area contributed by atoms with E-state index in [1.165, 1.54) is 0 Å². The number of carbonyl (C=O) groups is 1. The Kier molecular flexibility index (Phi) is 5.33. The van der Waals surface area contributed by atoms with Crippen LogP contribution < -0.4 is 11.1 Å². The molecule has 0 radical (unpaired) electrons. The summed E-state index contributed by atoms with van der Waals surface area (Å²) in [5.74, 6) is -0.105. The third kappa shape index (κ3) is 4.43. The van der Waals surface area contributed by atoms with Gasteiger partial charge < -0.3 is 11.1 Å². The first-order valence-corrected chi connectivity index (χ1v) is 7.63. The van der Waals surface area contributed by atoms with E-state index >= 15 is 0 Å². The van der Waals surface area contributed by atoms with Gasteiger partial charge in [-0.2, -0.15) is 5.10 Å². The summed E-state index contributed by atoms with van der Waals surface area (Å²) in [4.78, 5) is 12.1. The van der Waals surface area contributed by atoms with Crippen molar-refractivity contribution >= 4 is 5.91 Å². The molecule has 0 bridgehead atoms. The van der Waals surface area contributed by atoms with E-state index in [2.05, 4.69) is 22.5 Å². The molecule has 1 atom stereocenters. The Morgan fingerprint density at radius 2 is 2.14 bits per heavy atom. The highest BCUT2D eigenvalue weighted by atomic mass is 16.2. The van der Waals surface area contributed by atoms with E-state index in [4.69, 9.17) is 5.73 Å². The quantitative estimate of drug-likeness (QED) is 0.822. The summed E-state index contributed by atoms with van der Waals surface area (Å²) in [6, 6.07) is 10.0. The number of rotatable bonds is 7. The number of benzene rings is 1. The molecule has 1 aromatic carbocycles. The molecule has 0 aliphatic rings. The first-order valence-electron chi connectivity index (χ1n) is 7.63. The van der Waals surface area contributed by atoms with Gasteiger partial charge in [0.1, 0.15) is 0 Å². The highest BCUT2D eigenvalue weighted by Crippen LogP contribution is 2.10. The summed E-state index contributed by atoms with van der Waals surface area (Å²) in [7, 11) is 0. The molecule has 1 aromatic heterocycles. The fraction of sp³-hybridized carbons (Fsp3) is 0.412. The first kappa shape index (κ1) is 16.2. The zero-order chi connectivity index (χ0) is 16.0. The maximum Gasteiger partial charge on any atom is 0.240 e. The maximum absolute atomic E-state index is 12.1. The van der Waals surface area contributed by atoms with Crippen molar-refractivity contribution in [2.24, 2.45) is 5.73 Å². The molecule has 0 saturated heterocycles. The topological polar surface area (TPSA) is 72.9 Å². The van der Waals surface area contributed by atoms with Crippen LogP contribution in [0.2, 0.25) is 0 Å². The number of carbonyl (C=O) groups excluding carboxylic acids is 1. The van der Waals surface area contributed by atoms with Crippen molar-refractivity contribution < 1.29 is 4.79 Å². The molecular formula is C17H24N4O. The van der Waals surface area contributed by atoms with Crippen LogP contribution in [-0.4, -0.2) is 21.2 Å². The Bertz CT molecular complexity index is 605. The molecule has 0 spiro atoms. The lowest BCUT2D eigenvalue weighted by Crippen LogP contribution is -2.51. The number of hydrogen-bond donors (Lipinski definition) is 2. The van der Waals surface area contributed by atoms with Crippen LogP contribution in [0.3, 0.4) is 0 Å². The van der Waals surface area contributed by atoms with Crippen molar-refractivity contribution in [3.05, 3.63) is 53.9 Å². The molecule has 1 heterocycles. The predicted molar refractivity (Wildman–Crippen MR) is 87.1 cm³/mol. The van der Waals surface area contributed by atoms with E-state index in [1.54, 1.807) is 13.1 Å². The van der Waals surface area contributed by atoms with Crippen molar-refractivity contribution in [3.63, 3.8) is 0 Å². The van der Waals surface area contributed by atoms with E-state index in [-0.39, 0.29) is 5.91 Å². The zero-order valence-electron chi connectivity index (χ0n) is 13.2. The molecule has 5 nitrogen and oxygen atoms in total. The summed E-state index contributed by atoms with van der Waals surface area (Å²) >= 11 is 0. The van der Waals surface area contributed by atoms with E-state index in [9.17, 15) is 4.79 Å².